The lowest BCUT2D eigenvalue weighted by Gasteiger charge is -2.36. The van der Waals surface area contributed by atoms with Crippen molar-refractivity contribution in [3.05, 3.63) is 41.0 Å². The fourth-order valence-electron chi connectivity index (χ4n) is 4.19. The zero-order valence-electron chi connectivity index (χ0n) is 11.8. The quantitative estimate of drug-likeness (QED) is 0.634. The Morgan fingerprint density at radius 1 is 1.11 bits per heavy atom. The molecule has 0 heterocycles. The maximum atomic E-state index is 2.47. The Balaban J connectivity index is 1.90. The van der Waals surface area contributed by atoms with E-state index in [1.807, 2.05) is 0 Å². The van der Waals surface area contributed by atoms with Gasteiger partial charge in [0.2, 0.25) is 0 Å². The zero-order valence-corrected chi connectivity index (χ0v) is 11.8. The van der Waals surface area contributed by atoms with Crippen LogP contribution in [0.5, 0.6) is 0 Å². The van der Waals surface area contributed by atoms with Crippen LogP contribution in [0.15, 0.2) is 24.3 Å². The highest BCUT2D eigenvalue weighted by atomic mass is 14.4. The molecule has 0 aromatic heterocycles. The van der Waals surface area contributed by atoms with E-state index in [1.54, 1.807) is 5.56 Å². The van der Waals surface area contributed by atoms with Crippen molar-refractivity contribution in [3.8, 4) is 0 Å². The maximum absolute atomic E-state index is 2.47. The Kier molecular flexibility index (Phi) is 3.05. The van der Waals surface area contributed by atoms with Gasteiger partial charge in [0.15, 0.2) is 0 Å². The van der Waals surface area contributed by atoms with Gasteiger partial charge < -0.3 is 0 Å². The minimum Gasteiger partial charge on any atom is -0.0761 e. The molecule has 0 radical (unpaired) electrons. The molecule has 1 fully saturated rings. The van der Waals surface area contributed by atoms with Gasteiger partial charge in [0.25, 0.3) is 0 Å². The fraction of sp³-hybridized carbons (Fsp3) is 0.556. The van der Waals surface area contributed by atoms with E-state index in [0.29, 0.717) is 5.92 Å². The van der Waals surface area contributed by atoms with E-state index in [-0.39, 0.29) is 0 Å². The van der Waals surface area contributed by atoms with E-state index in [4.69, 9.17) is 0 Å². The average Bonchev–Trinajstić information content (AvgIpc) is 2.74. The molecule has 0 heteroatoms. The molecule has 96 valence electrons. The van der Waals surface area contributed by atoms with E-state index in [9.17, 15) is 0 Å². The van der Waals surface area contributed by atoms with E-state index in [1.165, 1.54) is 30.4 Å². The molecule has 18 heavy (non-hydrogen) atoms. The third-order valence-corrected chi connectivity index (χ3v) is 5.13. The predicted octanol–water partition coefficient (Wildman–Crippen LogP) is 5.18. The first kappa shape index (κ1) is 12.0. The molecule has 3 rings (SSSR count). The number of aryl methyl sites for hydroxylation is 1. The molecule has 1 aromatic carbocycles. The maximum Gasteiger partial charge on any atom is 0.00606 e. The first-order chi connectivity index (χ1) is 8.66. The molecule has 2 aliphatic rings. The lowest BCUT2D eigenvalue weighted by molar-refractivity contribution is 0.190. The van der Waals surface area contributed by atoms with Crippen molar-refractivity contribution < 1.29 is 0 Å². The third kappa shape index (κ3) is 1.92. The summed E-state index contributed by atoms with van der Waals surface area (Å²) in [7, 11) is 0. The van der Waals surface area contributed by atoms with Crippen molar-refractivity contribution >= 4 is 6.08 Å². The van der Waals surface area contributed by atoms with Gasteiger partial charge in [-0.05, 0) is 54.2 Å². The van der Waals surface area contributed by atoms with Crippen molar-refractivity contribution in [2.45, 2.75) is 46.0 Å². The average molecular weight is 240 g/mol. The topological polar surface area (TPSA) is 0 Å². The largest absolute Gasteiger partial charge is 0.0761 e. The van der Waals surface area contributed by atoms with Crippen LogP contribution in [0, 0.1) is 24.7 Å². The number of benzene rings is 1. The number of rotatable bonds is 1. The summed E-state index contributed by atoms with van der Waals surface area (Å²) in [6, 6.07) is 6.73. The van der Waals surface area contributed by atoms with Crippen molar-refractivity contribution in [2.75, 3.05) is 0 Å². The Hall–Kier alpha value is -1.04. The normalized spacial score (nSPS) is 34.6. The molecule has 4 unspecified atom stereocenters. The highest BCUT2D eigenvalue weighted by Crippen LogP contribution is 2.46. The highest BCUT2D eigenvalue weighted by Gasteiger charge is 2.34. The molecule has 4 atom stereocenters. The molecule has 0 amide bonds. The Labute approximate surface area is 111 Å². The summed E-state index contributed by atoms with van der Waals surface area (Å²) in [4.78, 5) is 0. The second-order valence-corrected chi connectivity index (χ2v) is 6.52. The van der Waals surface area contributed by atoms with Gasteiger partial charge >= 0.3 is 0 Å². The molecule has 0 saturated heterocycles. The second kappa shape index (κ2) is 4.57. The van der Waals surface area contributed by atoms with Crippen LogP contribution in [0.25, 0.3) is 6.08 Å². The molecule has 0 nitrogen and oxygen atoms in total. The first-order valence-corrected chi connectivity index (χ1v) is 7.44. The molecule has 1 aromatic rings. The van der Waals surface area contributed by atoms with Gasteiger partial charge in [-0.2, -0.15) is 0 Å². The molecular weight excluding hydrogens is 216 g/mol. The smallest absolute Gasteiger partial charge is 0.00606 e. The van der Waals surface area contributed by atoms with E-state index in [0.717, 1.165) is 17.8 Å². The van der Waals surface area contributed by atoms with Gasteiger partial charge in [-0.15, -0.1) is 0 Å². The van der Waals surface area contributed by atoms with Crippen LogP contribution in [0.2, 0.25) is 0 Å². The van der Waals surface area contributed by atoms with Crippen molar-refractivity contribution in [1.82, 2.24) is 0 Å². The number of hydrogen-bond donors (Lipinski definition) is 0. The van der Waals surface area contributed by atoms with Crippen LogP contribution in [0.3, 0.4) is 0 Å². The van der Waals surface area contributed by atoms with Crippen LogP contribution < -0.4 is 0 Å². The molecule has 0 N–H and O–H groups in total. The van der Waals surface area contributed by atoms with Crippen LogP contribution in [0.1, 0.15) is 55.7 Å². The number of hydrogen-bond acceptors (Lipinski definition) is 0. The molecular formula is C18H24. The minimum absolute atomic E-state index is 0.684. The first-order valence-electron chi connectivity index (χ1n) is 7.44. The van der Waals surface area contributed by atoms with Gasteiger partial charge in [-0.1, -0.05) is 50.6 Å². The van der Waals surface area contributed by atoms with Gasteiger partial charge in [0.05, 0.1) is 0 Å². The van der Waals surface area contributed by atoms with Crippen molar-refractivity contribution in [1.29, 1.82) is 0 Å². The van der Waals surface area contributed by atoms with Gasteiger partial charge in [0.1, 0.15) is 0 Å². The van der Waals surface area contributed by atoms with Gasteiger partial charge in [-0.25, -0.2) is 0 Å². The van der Waals surface area contributed by atoms with Crippen LogP contribution in [0.4, 0.5) is 0 Å². The number of allylic oxidation sites excluding steroid dienone is 1. The lowest BCUT2D eigenvalue weighted by Crippen LogP contribution is -2.26. The molecule has 2 aliphatic carbocycles. The van der Waals surface area contributed by atoms with Crippen molar-refractivity contribution in [2.24, 2.45) is 17.8 Å². The summed E-state index contributed by atoms with van der Waals surface area (Å²) in [6.07, 6.45) is 9.05. The Bertz CT molecular complexity index is 469. The van der Waals surface area contributed by atoms with Crippen LogP contribution in [-0.4, -0.2) is 0 Å². The zero-order chi connectivity index (χ0) is 12.7. The summed E-state index contributed by atoms with van der Waals surface area (Å²) >= 11 is 0. The number of fused-ring (bicyclic) bond motifs is 1. The summed E-state index contributed by atoms with van der Waals surface area (Å²) < 4.78 is 0. The minimum atomic E-state index is 0.684. The third-order valence-electron chi connectivity index (χ3n) is 5.13. The summed E-state index contributed by atoms with van der Waals surface area (Å²) in [5, 5.41) is 0. The Morgan fingerprint density at radius 3 is 2.72 bits per heavy atom. The highest BCUT2D eigenvalue weighted by molar-refractivity contribution is 5.64. The molecule has 0 spiro atoms. The lowest BCUT2D eigenvalue weighted by atomic mass is 9.68. The summed E-state index contributed by atoms with van der Waals surface area (Å²) in [6.45, 7) is 7.15. The van der Waals surface area contributed by atoms with E-state index in [2.05, 4.69) is 51.1 Å². The Morgan fingerprint density at radius 2 is 1.94 bits per heavy atom. The summed E-state index contributed by atoms with van der Waals surface area (Å²) in [5.74, 6) is 3.34. The fourth-order valence-corrected chi connectivity index (χ4v) is 4.19. The van der Waals surface area contributed by atoms with Crippen LogP contribution in [-0.2, 0) is 0 Å². The summed E-state index contributed by atoms with van der Waals surface area (Å²) in [5.41, 5.74) is 4.56. The predicted molar refractivity (Wildman–Crippen MR) is 78.6 cm³/mol. The molecule has 0 aliphatic heterocycles. The van der Waals surface area contributed by atoms with Crippen molar-refractivity contribution in [3.63, 3.8) is 0 Å². The van der Waals surface area contributed by atoms with Crippen LogP contribution >= 0.6 is 0 Å². The SMILES string of the molecule is Cc1cccc2c1C(C1CCC(C)CC1C)C=C2. The molecule has 0 bridgehead atoms. The van der Waals surface area contributed by atoms with E-state index < -0.39 is 0 Å². The monoisotopic (exact) mass is 240 g/mol. The van der Waals surface area contributed by atoms with E-state index >= 15 is 0 Å². The van der Waals surface area contributed by atoms with Gasteiger partial charge in [0, 0.05) is 5.92 Å². The standard InChI is InChI=1S/C18H24/c1-12-7-9-16(14(3)11-12)17-10-8-15-6-4-5-13(2)18(15)17/h4-6,8,10,12,14,16-17H,7,9,11H2,1-3H3. The molecule has 1 saturated carbocycles. The second-order valence-electron chi connectivity index (χ2n) is 6.52. The van der Waals surface area contributed by atoms with Gasteiger partial charge in [-0.3, -0.25) is 0 Å².